The highest BCUT2D eigenvalue weighted by atomic mass is 32.2. The van der Waals surface area contributed by atoms with Gasteiger partial charge in [-0.3, -0.25) is 0 Å². The summed E-state index contributed by atoms with van der Waals surface area (Å²) < 4.78 is 29.2. The van der Waals surface area contributed by atoms with E-state index >= 15 is 0 Å². The van der Waals surface area contributed by atoms with Crippen molar-refractivity contribution in [3.8, 4) is 0 Å². The third kappa shape index (κ3) is 4.94. The number of rotatable bonds is 7. The molecule has 0 spiro atoms. The van der Waals surface area contributed by atoms with Crippen LogP contribution in [-0.4, -0.2) is 61.7 Å². The Morgan fingerprint density at radius 3 is 2.62 bits per heavy atom. The fraction of sp³-hybridized carbons (Fsp3) is 0.583. The van der Waals surface area contributed by atoms with E-state index in [1.165, 1.54) is 20.3 Å². The van der Waals surface area contributed by atoms with E-state index < -0.39 is 16.0 Å². The van der Waals surface area contributed by atoms with Gasteiger partial charge in [0.2, 0.25) is 16.0 Å². The minimum Gasteiger partial charge on any atom is -0.462 e. The van der Waals surface area contributed by atoms with Crippen molar-refractivity contribution in [1.29, 1.82) is 0 Å². The number of nitrogens with zero attached hydrogens (tertiary/aromatic N) is 3. The molecule has 0 aromatic carbocycles. The molecule has 0 saturated heterocycles. The number of carbonyl (C=O) groups is 1. The van der Waals surface area contributed by atoms with Gasteiger partial charge in [0.05, 0.1) is 23.6 Å². The first-order chi connectivity index (χ1) is 9.77. The topological polar surface area (TPSA) is 101 Å². The number of ether oxygens (including phenoxy) is 1. The van der Waals surface area contributed by atoms with Crippen molar-refractivity contribution in [2.24, 2.45) is 0 Å². The summed E-state index contributed by atoms with van der Waals surface area (Å²) in [5.41, 5.74) is 0.768. The van der Waals surface area contributed by atoms with Gasteiger partial charge in [-0.15, -0.1) is 0 Å². The van der Waals surface area contributed by atoms with Gasteiger partial charge in [0.1, 0.15) is 0 Å². The molecule has 0 bridgehead atoms. The minimum absolute atomic E-state index is 0.0674. The molecule has 0 saturated carbocycles. The highest BCUT2D eigenvalue weighted by Gasteiger charge is 2.15. The normalized spacial score (nSPS) is 11.5. The van der Waals surface area contributed by atoms with E-state index in [1.807, 2.05) is 0 Å². The molecule has 0 aliphatic rings. The van der Waals surface area contributed by atoms with Gasteiger partial charge in [-0.25, -0.2) is 27.5 Å². The molecule has 1 N–H and O–H groups in total. The van der Waals surface area contributed by atoms with E-state index in [9.17, 15) is 13.2 Å². The number of hydrogen-bond donors (Lipinski definition) is 1. The molecule has 21 heavy (non-hydrogen) atoms. The molecular formula is C12H20N4O4S. The van der Waals surface area contributed by atoms with Gasteiger partial charge in [0, 0.05) is 26.8 Å². The summed E-state index contributed by atoms with van der Waals surface area (Å²) in [6, 6.07) is 0. The van der Waals surface area contributed by atoms with Crippen LogP contribution in [0, 0.1) is 6.92 Å². The number of aryl methyl sites for hydroxylation is 1. The van der Waals surface area contributed by atoms with Crippen LogP contribution in [0.25, 0.3) is 0 Å². The molecule has 0 radical (unpaired) electrons. The lowest BCUT2D eigenvalue weighted by atomic mass is 10.2. The van der Waals surface area contributed by atoms with Crippen molar-refractivity contribution in [1.82, 2.24) is 14.3 Å². The number of sulfonamides is 1. The Labute approximate surface area is 124 Å². The molecule has 0 amide bonds. The average molecular weight is 316 g/mol. The molecule has 8 nitrogen and oxygen atoms in total. The molecule has 0 atom stereocenters. The number of anilines is 1. The van der Waals surface area contributed by atoms with Gasteiger partial charge < -0.3 is 10.1 Å². The van der Waals surface area contributed by atoms with Gasteiger partial charge in [0.25, 0.3) is 0 Å². The van der Waals surface area contributed by atoms with Gasteiger partial charge in [-0.1, -0.05) is 0 Å². The Bertz CT molecular complexity index is 601. The van der Waals surface area contributed by atoms with Gasteiger partial charge >= 0.3 is 5.97 Å². The summed E-state index contributed by atoms with van der Waals surface area (Å²) in [5, 5.41) is 2.81. The summed E-state index contributed by atoms with van der Waals surface area (Å²) in [7, 11) is -0.314. The SMILES string of the molecule is CCOC(=O)c1cnc(NCCS(=O)(=O)N(C)C)nc1C. The molecule has 9 heteroatoms. The van der Waals surface area contributed by atoms with E-state index in [2.05, 4.69) is 15.3 Å². The Hall–Kier alpha value is -1.74. The molecular weight excluding hydrogens is 296 g/mol. The average Bonchev–Trinajstić information content (AvgIpc) is 2.38. The van der Waals surface area contributed by atoms with Crippen molar-refractivity contribution in [3.63, 3.8) is 0 Å². The monoisotopic (exact) mass is 316 g/mol. The Balaban J connectivity index is 2.67. The van der Waals surface area contributed by atoms with Crippen molar-refractivity contribution >= 4 is 21.9 Å². The quantitative estimate of drug-likeness (QED) is 0.720. The molecule has 0 unspecified atom stereocenters. The lowest BCUT2D eigenvalue weighted by Gasteiger charge is -2.12. The van der Waals surface area contributed by atoms with Crippen LogP contribution in [0.3, 0.4) is 0 Å². The van der Waals surface area contributed by atoms with E-state index in [0.29, 0.717) is 11.3 Å². The van der Waals surface area contributed by atoms with Crippen LogP contribution in [0.5, 0.6) is 0 Å². The Morgan fingerprint density at radius 2 is 2.10 bits per heavy atom. The number of carbonyl (C=O) groups excluding carboxylic acids is 1. The van der Waals surface area contributed by atoms with Crippen LogP contribution in [0.15, 0.2) is 6.20 Å². The maximum atomic E-state index is 11.6. The molecule has 0 fully saturated rings. The number of hydrogen-bond acceptors (Lipinski definition) is 7. The molecule has 1 aromatic heterocycles. The van der Waals surface area contributed by atoms with Crippen LogP contribution >= 0.6 is 0 Å². The van der Waals surface area contributed by atoms with Crippen LogP contribution in [0.2, 0.25) is 0 Å². The minimum atomic E-state index is -3.27. The molecule has 0 aliphatic heterocycles. The van der Waals surface area contributed by atoms with E-state index in [4.69, 9.17) is 4.74 Å². The number of aromatic nitrogens is 2. The van der Waals surface area contributed by atoms with Gasteiger partial charge in [0.15, 0.2) is 0 Å². The molecule has 1 heterocycles. The van der Waals surface area contributed by atoms with Crippen molar-refractivity contribution in [2.45, 2.75) is 13.8 Å². The lowest BCUT2D eigenvalue weighted by Crippen LogP contribution is -2.28. The summed E-state index contributed by atoms with van der Waals surface area (Å²) in [6.07, 6.45) is 1.36. The highest BCUT2D eigenvalue weighted by Crippen LogP contribution is 2.08. The third-order valence-electron chi connectivity index (χ3n) is 2.67. The van der Waals surface area contributed by atoms with Gasteiger partial charge in [-0.05, 0) is 13.8 Å². The summed E-state index contributed by atoms with van der Waals surface area (Å²) >= 11 is 0. The van der Waals surface area contributed by atoms with Crippen molar-refractivity contribution in [3.05, 3.63) is 17.5 Å². The number of nitrogens with one attached hydrogen (secondary N) is 1. The second-order valence-electron chi connectivity index (χ2n) is 4.44. The summed E-state index contributed by atoms with van der Waals surface area (Å²) in [5.74, 6) is -0.270. The standard InChI is InChI=1S/C12H20N4O4S/c1-5-20-11(17)10-8-14-12(15-9(10)2)13-6-7-21(18,19)16(3)4/h8H,5-7H2,1-4H3,(H,13,14,15). The van der Waals surface area contributed by atoms with Gasteiger partial charge in [-0.2, -0.15) is 0 Å². The third-order valence-corrected chi connectivity index (χ3v) is 4.51. The fourth-order valence-electron chi connectivity index (χ4n) is 1.44. The first kappa shape index (κ1) is 17.3. The van der Waals surface area contributed by atoms with E-state index in [0.717, 1.165) is 4.31 Å². The summed E-state index contributed by atoms with van der Waals surface area (Å²) in [6.45, 7) is 3.84. The zero-order valence-electron chi connectivity index (χ0n) is 12.6. The van der Waals surface area contributed by atoms with Crippen LogP contribution in [0.4, 0.5) is 5.95 Å². The number of esters is 1. The maximum Gasteiger partial charge on any atom is 0.341 e. The molecule has 118 valence electrons. The first-order valence-electron chi connectivity index (χ1n) is 6.42. The summed E-state index contributed by atoms with van der Waals surface area (Å²) in [4.78, 5) is 19.7. The largest absolute Gasteiger partial charge is 0.462 e. The maximum absolute atomic E-state index is 11.6. The smallest absolute Gasteiger partial charge is 0.341 e. The second-order valence-corrected chi connectivity index (χ2v) is 6.74. The van der Waals surface area contributed by atoms with E-state index in [1.54, 1.807) is 13.8 Å². The Morgan fingerprint density at radius 1 is 1.43 bits per heavy atom. The second kappa shape index (κ2) is 7.32. The van der Waals surface area contributed by atoms with E-state index in [-0.39, 0.29) is 24.9 Å². The molecule has 1 rings (SSSR count). The zero-order chi connectivity index (χ0) is 16.0. The van der Waals surface area contributed by atoms with Crippen LogP contribution in [-0.2, 0) is 14.8 Å². The zero-order valence-corrected chi connectivity index (χ0v) is 13.4. The predicted octanol–water partition coefficient (Wildman–Crippen LogP) is 0.265. The molecule has 1 aromatic rings. The highest BCUT2D eigenvalue weighted by molar-refractivity contribution is 7.89. The molecule has 0 aliphatic carbocycles. The van der Waals surface area contributed by atoms with Crippen molar-refractivity contribution < 1.29 is 17.9 Å². The van der Waals surface area contributed by atoms with Crippen LogP contribution < -0.4 is 5.32 Å². The van der Waals surface area contributed by atoms with Crippen LogP contribution in [0.1, 0.15) is 23.0 Å². The lowest BCUT2D eigenvalue weighted by molar-refractivity contribution is 0.0524. The predicted molar refractivity (Wildman–Crippen MR) is 78.7 cm³/mol. The fourth-order valence-corrected chi connectivity index (χ4v) is 2.16. The Kier molecular flexibility index (Phi) is 6.03. The van der Waals surface area contributed by atoms with Crippen molar-refractivity contribution in [2.75, 3.05) is 38.3 Å². The first-order valence-corrected chi connectivity index (χ1v) is 8.03.